The fraction of sp³-hybridized carbons (Fsp3) is 0.692. The largest absolute Gasteiger partial charge is 0.303 e. The van der Waals surface area contributed by atoms with Crippen molar-refractivity contribution in [1.29, 1.82) is 0 Å². The smallest absolute Gasteiger partial charge is 0.125 e. The lowest BCUT2D eigenvalue weighted by Gasteiger charge is -2.33. The van der Waals surface area contributed by atoms with Crippen molar-refractivity contribution in [2.24, 2.45) is 0 Å². The molecule has 2 heterocycles. The Labute approximate surface area is 107 Å². The van der Waals surface area contributed by atoms with Crippen molar-refractivity contribution in [2.75, 3.05) is 13.1 Å². The first-order chi connectivity index (χ1) is 8.20. The van der Waals surface area contributed by atoms with E-state index in [2.05, 4.69) is 23.7 Å². The predicted molar refractivity (Wildman–Crippen MR) is 70.6 cm³/mol. The van der Waals surface area contributed by atoms with Gasteiger partial charge in [-0.05, 0) is 39.8 Å². The molecule has 0 saturated carbocycles. The number of hydrogen-bond acceptors (Lipinski definition) is 4. The maximum absolute atomic E-state index is 10.4. The summed E-state index contributed by atoms with van der Waals surface area (Å²) >= 11 is 1.72. The lowest BCUT2D eigenvalue weighted by atomic mass is 9.97. The van der Waals surface area contributed by atoms with E-state index in [4.69, 9.17) is 0 Å². The van der Waals surface area contributed by atoms with Gasteiger partial charge in [-0.1, -0.05) is 0 Å². The highest BCUT2D eigenvalue weighted by atomic mass is 32.1. The van der Waals surface area contributed by atoms with Crippen molar-refractivity contribution in [3.63, 3.8) is 0 Å². The van der Waals surface area contributed by atoms with Crippen LogP contribution in [0.2, 0.25) is 0 Å². The van der Waals surface area contributed by atoms with Crippen LogP contribution in [0.4, 0.5) is 0 Å². The molecular formula is C13H20N2OS. The zero-order valence-corrected chi connectivity index (χ0v) is 11.4. The second-order valence-electron chi connectivity index (χ2n) is 4.95. The number of carbonyl (C=O) groups excluding carboxylic acids is 1. The molecule has 2 rings (SSSR count). The molecule has 0 aromatic carbocycles. The summed E-state index contributed by atoms with van der Waals surface area (Å²) in [5.41, 5.74) is 0.936. The standard InChI is InChI=1S/C13H20N2OS/c1-10(2)15-6-3-11(4-7-15)13-14-12(5-8-16)9-17-13/h8-11H,3-7H2,1-2H3. The molecule has 0 amide bonds. The molecule has 4 heteroatoms. The van der Waals surface area contributed by atoms with E-state index in [9.17, 15) is 4.79 Å². The van der Waals surface area contributed by atoms with Gasteiger partial charge in [-0.2, -0.15) is 0 Å². The van der Waals surface area contributed by atoms with Crippen molar-refractivity contribution >= 4 is 17.6 Å². The van der Waals surface area contributed by atoms with Crippen LogP contribution in [0.1, 0.15) is 43.3 Å². The number of aldehydes is 1. The van der Waals surface area contributed by atoms with Crippen molar-refractivity contribution in [3.8, 4) is 0 Å². The molecule has 0 atom stereocenters. The van der Waals surface area contributed by atoms with Crippen LogP contribution in [0.3, 0.4) is 0 Å². The van der Waals surface area contributed by atoms with Crippen LogP contribution in [0, 0.1) is 0 Å². The number of carbonyl (C=O) groups is 1. The molecule has 1 aliphatic heterocycles. The first kappa shape index (κ1) is 12.7. The first-order valence-electron chi connectivity index (χ1n) is 6.32. The van der Waals surface area contributed by atoms with Gasteiger partial charge >= 0.3 is 0 Å². The predicted octanol–water partition coefficient (Wildman–Crippen LogP) is 2.47. The molecule has 1 saturated heterocycles. The van der Waals surface area contributed by atoms with E-state index in [-0.39, 0.29) is 0 Å². The fourth-order valence-corrected chi connectivity index (χ4v) is 3.36. The number of likely N-dealkylation sites (tertiary alicyclic amines) is 1. The Hall–Kier alpha value is -0.740. The molecule has 1 aromatic heterocycles. The topological polar surface area (TPSA) is 33.2 Å². The van der Waals surface area contributed by atoms with Crippen molar-refractivity contribution in [1.82, 2.24) is 9.88 Å². The van der Waals surface area contributed by atoms with Crippen LogP contribution in [0.15, 0.2) is 5.38 Å². The third-order valence-electron chi connectivity index (χ3n) is 3.47. The number of rotatable bonds is 4. The maximum atomic E-state index is 10.4. The highest BCUT2D eigenvalue weighted by Crippen LogP contribution is 2.30. The first-order valence-corrected chi connectivity index (χ1v) is 7.20. The molecule has 1 aromatic rings. The molecule has 17 heavy (non-hydrogen) atoms. The highest BCUT2D eigenvalue weighted by molar-refractivity contribution is 7.09. The second-order valence-corrected chi connectivity index (χ2v) is 5.84. The van der Waals surface area contributed by atoms with Gasteiger partial charge in [0.15, 0.2) is 0 Å². The van der Waals surface area contributed by atoms with Gasteiger partial charge in [0.05, 0.1) is 10.7 Å². The summed E-state index contributed by atoms with van der Waals surface area (Å²) in [6, 6.07) is 0.651. The summed E-state index contributed by atoms with van der Waals surface area (Å²) in [6.45, 7) is 6.85. The molecule has 0 spiro atoms. The summed E-state index contributed by atoms with van der Waals surface area (Å²) in [5, 5.41) is 3.25. The molecule has 0 radical (unpaired) electrons. The molecule has 3 nitrogen and oxygen atoms in total. The van der Waals surface area contributed by atoms with Gasteiger partial charge in [0.1, 0.15) is 6.29 Å². The Bertz CT molecular complexity index is 367. The van der Waals surface area contributed by atoms with Gasteiger partial charge < -0.3 is 9.69 Å². The van der Waals surface area contributed by atoms with Gasteiger partial charge in [-0.3, -0.25) is 0 Å². The second kappa shape index (κ2) is 5.74. The average Bonchev–Trinajstić information content (AvgIpc) is 2.78. The van der Waals surface area contributed by atoms with E-state index in [1.807, 2.05) is 5.38 Å². The third kappa shape index (κ3) is 3.13. The minimum absolute atomic E-state index is 0.460. The van der Waals surface area contributed by atoms with Gasteiger partial charge in [-0.15, -0.1) is 11.3 Å². The summed E-state index contributed by atoms with van der Waals surface area (Å²) in [5.74, 6) is 0.607. The maximum Gasteiger partial charge on any atom is 0.125 e. The molecule has 1 fully saturated rings. The molecule has 0 bridgehead atoms. The lowest BCUT2D eigenvalue weighted by Crippen LogP contribution is -2.37. The molecular weight excluding hydrogens is 232 g/mol. The number of aromatic nitrogens is 1. The minimum Gasteiger partial charge on any atom is -0.303 e. The van der Waals surface area contributed by atoms with E-state index in [1.54, 1.807) is 11.3 Å². The van der Waals surface area contributed by atoms with Crippen LogP contribution in [0.25, 0.3) is 0 Å². The van der Waals surface area contributed by atoms with E-state index < -0.39 is 0 Å². The Morgan fingerprint density at radius 2 is 2.24 bits per heavy atom. The Balaban J connectivity index is 1.93. The van der Waals surface area contributed by atoms with Crippen LogP contribution in [-0.4, -0.2) is 35.3 Å². The van der Waals surface area contributed by atoms with Crippen LogP contribution in [0.5, 0.6) is 0 Å². The van der Waals surface area contributed by atoms with Gasteiger partial charge in [0, 0.05) is 23.8 Å². The normalized spacial score (nSPS) is 18.8. The summed E-state index contributed by atoms with van der Waals surface area (Å²) < 4.78 is 0. The Morgan fingerprint density at radius 3 is 2.82 bits per heavy atom. The summed E-state index contributed by atoms with van der Waals surface area (Å²) in [4.78, 5) is 17.5. The van der Waals surface area contributed by atoms with Gasteiger partial charge in [0.2, 0.25) is 0 Å². The van der Waals surface area contributed by atoms with Crippen molar-refractivity contribution < 1.29 is 4.79 Å². The SMILES string of the molecule is CC(C)N1CCC(c2nc(CC=O)cs2)CC1. The minimum atomic E-state index is 0.460. The number of hydrogen-bond donors (Lipinski definition) is 0. The highest BCUT2D eigenvalue weighted by Gasteiger charge is 2.23. The number of thiazole rings is 1. The molecule has 0 N–H and O–H groups in total. The van der Waals surface area contributed by atoms with Crippen molar-refractivity contribution in [2.45, 2.75) is 45.1 Å². The number of piperidine rings is 1. The zero-order chi connectivity index (χ0) is 12.3. The number of nitrogens with zero attached hydrogens (tertiary/aromatic N) is 2. The summed E-state index contributed by atoms with van der Waals surface area (Å²) in [7, 11) is 0. The van der Waals surface area contributed by atoms with Crippen LogP contribution >= 0.6 is 11.3 Å². The van der Waals surface area contributed by atoms with Gasteiger partial charge in [-0.25, -0.2) is 4.98 Å². The molecule has 94 valence electrons. The van der Waals surface area contributed by atoms with E-state index in [1.165, 1.54) is 30.9 Å². The summed E-state index contributed by atoms with van der Waals surface area (Å²) in [6.07, 6.45) is 3.79. The third-order valence-corrected chi connectivity index (χ3v) is 4.53. The van der Waals surface area contributed by atoms with Crippen molar-refractivity contribution in [3.05, 3.63) is 16.1 Å². The molecule has 0 aliphatic carbocycles. The Morgan fingerprint density at radius 1 is 1.53 bits per heavy atom. The van der Waals surface area contributed by atoms with Gasteiger partial charge in [0.25, 0.3) is 0 Å². The van der Waals surface area contributed by atoms with E-state index in [0.717, 1.165) is 12.0 Å². The Kier molecular flexibility index (Phi) is 4.29. The quantitative estimate of drug-likeness (QED) is 0.772. The zero-order valence-electron chi connectivity index (χ0n) is 10.6. The van der Waals surface area contributed by atoms with Crippen LogP contribution < -0.4 is 0 Å². The van der Waals surface area contributed by atoms with E-state index >= 15 is 0 Å². The lowest BCUT2D eigenvalue weighted by molar-refractivity contribution is -0.107. The van der Waals surface area contributed by atoms with Crippen LogP contribution in [-0.2, 0) is 11.2 Å². The monoisotopic (exact) mass is 252 g/mol. The van der Waals surface area contributed by atoms with E-state index in [0.29, 0.717) is 18.4 Å². The molecule has 1 aliphatic rings. The average molecular weight is 252 g/mol. The molecule has 0 unspecified atom stereocenters. The fourth-order valence-electron chi connectivity index (χ4n) is 2.35.